The largest absolute Gasteiger partial charge is 0.394 e. The number of unbranched alkanes of at least 4 members (excludes halogenated alkanes) is 24. The van der Waals surface area contributed by atoms with Crippen molar-refractivity contribution in [3.63, 3.8) is 0 Å². The molecule has 3 N–H and O–H groups in total. The lowest BCUT2D eigenvalue weighted by molar-refractivity contribution is -0.123. The third-order valence-corrected chi connectivity index (χ3v) is 9.31. The molecular formula is C39H77NO3. The number of aliphatic hydroxyl groups excluding tert-OH is 2. The molecule has 0 aliphatic carbocycles. The van der Waals surface area contributed by atoms with Gasteiger partial charge in [0, 0.05) is 6.42 Å². The Morgan fingerprint density at radius 3 is 1.49 bits per heavy atom. The van der Waals surface area contributed by atoms with E-state index in [9.17, 15) is 15.0 Å². The number of nitrogens with one attached hydrogen (secondary N) is 1. The van der Waals surface area contributed by atoms with Gasteiger partial charge >= 0.3 is 0 Å². The summed E-state index contributed by atoms with van der Waals surface area (Å²) in [7, 11) is 0. The molecule has 0 aliphatic rings. The van der Waals surface area contributed by atoms with Gasteiger partial charge in [-0.25, -0.2) is 0 Å². The molecule has 0 spiro atoms. The lowest BCUT2D eigenvalue weighted by Crippen LogP contribution is -2.45. The first-order valence-electron chi connectivity index (χ1n) is 19.3. The maximum Gasteiger partial charge on any atom is 0.220 e. The van der Waals surface area contributed by atoms with Gasteiger partial charge in [0.15, 0.2) is 0 Å². The number of hydrogen-bond donors (Lipinski definition) is 3. The van der Waals surface area contributed by atoms with Crippen molar-refractivity contribution in [3.05, 3.63) is 12.2 Å². The Balaban J connectivity index is 3.56. The Kier molecular flexibility index (Phi) is 33.3. The van der Waals surface area contributed by atoms with E-state index < -0.39 is 12.1 Å². The van der Waals surface area contributed by atoms with Crippen LogP contribution < -0.4 is 5.32 Å². The van der Waals surface area contributed by atoms with E-state index in [4.69, 9.17) is 0 Å². The molecule has 0 aliphatic heterocycles. The molecule has 0 fully saturated rings. The number of aliphatic hydroxyl groups is 2. The highest BCUT2D eigenvalue weighted by Crippen LogP contribution is 2.16. The number of hydrogen-bond acceptors (Lipinski definition) is 3. The van der Waals surface area contributed by atoms with Gasteiger partial charge in [-0.3, -0.25) is 4.79 Å². The summed E-state index contributed by atoms with van der Waals surface area (Å²) >= 11 is 0. The number of carbonyl (C=O) groups excluding carboxylic acids is 1. The van der Waals surface area contributed by atoms with Gasteiger partial charge in [-0.05, 0) is 25.2 Å². The van der Waals surface area contributed by atoms with Gasteiger partial charge in [-0.15, -0.1) is 0 Å². The van der Waals surface area contributed by atoms with Crippen molar-refractivity contribution in [1.82, 2.24) is 5.32 Å². The first kappa shape index (κ1) is 42.1. The molecule has 0 saturated carbocycles. The van der Waals surface area contributed by atoms with Crippen molar-refractivity contribution < 1.29 is 15.0 Å². The standard InChI is InChI=1S/C39H77NO3/c1-4-6-7-8-9-10-11-12-13-14-15-16-17-18-19-20-25-28-31-34-39(43)40-37(35-41)38(42)33-30-27-24-22-21-23-26-29-32-36(3)5-2/h30,33,36-38,41-42H,4-29,31-32,34-35H2,1-3H3,(H,40,43)/b33-30+/t36?,37-,38+/m0/s1. The second-order valence-corrected chi connectivity index (χ2v) is 13.6. The molecule has 256 valence electrons. The van der Waals surface area contributed by atoms with Crippen LogP contribution in [0.15, 0.2) is 12.2 Å². The van der Waals surface area contributed by atoms with Gasteiger partial charge in [0.2, 0.25) is 5.91 Å². The zero-order chi connectivity index (χ0) is 31.6. The molecule has 1 amide bonds. The van der Waals surface area contributed by atoms with Gasteiger partial charge in [-0.1, -0.05) is 193 Å². The lowest BCUT2D eigenvalue weighted by atomic mass is 10.00. The van der Waals surface area contributed by atoms with E-state index in [1.807, 2.05) is 6.08 Å². The highest BCUT2D eigenvalue weighted by atomic mass is 16.3. The highest BCUT2D eigenvalue weighted by Gasteiger charge is 2.17. The van der Waals surface area contributed by atoms with Gasteiger partial charge in [-0.2, -0.15) is 0 Å². The van der Waals surface area contributed by atoms with Crippen LogP contribution in [0, 0.1) is 5.92 Å². The Hall–Kier alpha value is -0.870. The molecule has 0 aromatic heterocycles. The zero-order valence-corrected chi connectivity index (χ0v) is 29.4. The van der Waals surface area contributed by atoms with Gasteiger partial charge in [0.1, 0.15) is 0 Å². The van der Waals surface area contributed by atoms with E-state index in [-0.39, 0.29) is 12.5 Å². The quantitative estimate of drug-likeness (QED) is 0.0503. The molecule has 0 aromatic rings. The number of amides is 1. The second kappa shape index (κ2) is 34.0. The molecule has 4 heteroatoms. The van der Waals surface area contributed by atoms with Crippen LogP contribution in [-0.2, 0) is 4.79 Å². The summed E-state index contributed by atoms with van der Waals surface area (Å²) in [6, 6.07) is -0.616. The van der Waals surface area contributed by atoms with Crippen LogP contribution in [0.25, 0.3) is 0 Å². The minimum absolute atomic E-state index is 0.0631. The normalized spacial score (nSPS) is 13.9. The van der Waals surface area contributed by atoms with E-state index in [2.05, 4.69) is 26.1 Å². The predicted molar refractivity (Wildman–Crippen MR) is 189 cm³/mol. The van der Waals surface area contributed by atoms with E-state index >= 15 is 0 Å². The zero-order valence-electron chi connectivity index (χ0n) is 29.4. The van der Waals surface area contributed by atoms with Crippen LogP contribution in [0.2, 0.25) is 0 Å². The van der Waals surface area contributed by atoms with E-state index in [1.54, 1.807) is 6.08 Å². The molecular weight excluding hydrogens is 530 g/mol. The molecule has 43 heavy (non-hydrogen) atoms. The van der Waals surface area contributed by atoms with Crippen LogP contribution in [-0.4, -0.2) is 34.9 Å². The topological polar surface area (TPSA) is 69.6 Å². The summed E-state index contributed by atoms with van der Waals surface area (Å²) in [5.74, 6) is 0.800. The van der Waals surface area contributed by atoms with Crippen LogP contribution in [0.3, 0.4) is 0 Å². The molecule has 0 aromatic carbocycles. The van der Waals surface area contributed by atoms with Crippen molar-refractivity contribution in [2.24, 2.45) is 5.92 Å². The Labute approximate surface area is 269 Å². The average molecular weight is 608 g/mol. The Morgan fingerprint density at radius 2 is 1.05 bits per heavy atom. The molecule has 0 rings (SSSR count). The smallest absolute Gasteiger partial charge is 0.220 e. The second-order valence-electron chi connectivity index (χ2n) is 13.6. The number of rotatable bonds is 34. The highest BCUT2D eigenvalue weighted by molar-refractivity contribution is 5.76. The average Bonchev–Trinajstić information content (AvgIpc) is 3.01. The number of carbonyl (C=O) groups is 1. The minimum atomic E-state index is -0.834. The molecule has 4 nitrogen and oxygen atoms in total. The first-order chi connectivity index (χ1) is 21.0. The van der Waals surface area contributed by atoms with Crippen LogP contribution in [0.1, 0.15) is 207 Å². The molecule has 0 heterocycles. The van der Waals surface area contributed by atoms with Crippen molar-refractivity contribution in [2.75, 3.05) is 6.61 Å². The monoisotopic (exact) mass is 608 g/mol. The summed E-state index contributed by atoms with van der Waals surface area (Å²) in [5.41, 5.74) is 0. The van der Waals surface area contributed by atoms with Crippen molar-refractivity contribution in [2.45, 2.75) is 219 Å². The summed E-state index contributed by atoms with van der Waals surface area (Å²) in [6.45, 7) is 6.66. The fraction of sp³-hybridized carbons (Fsp3) is 0.923. The summed E-state index contributed by atoms with van der Waals surface area (Å²) < 4.78 is 0. The van der Waals surface area contributed by atoms with E-state index in [0.717, 1.165) is 31.6 Å². The van der Waals surface area contributed by atoms with Crippen LogP contribution >= 0.6 is 0 Å². The number of allylic oxidation sites excluding steroid dienone is 1. The molecule has 3 atom stereocenters. The summed E-state index contributed by atoms with van der Waals surface area (Å²) in [5, 5.41) is 22.9. The van der Waals surface area contributed by atoms with Crippen LogP contribution in [0.4, 0.5) is 0 Å². The van der Waals surface area contributed by atoms with Crippen molar-refractivity contribution >= 4 is 5.91 Å². The minimum Gasteiger partial charge on any atom is -0.394 e. The van der Waals surface area contributed by atoms with E-state index in [0.29, 0.717) is 6.42 Å². The fourth-order valence-electron chi connectivity index (χ4n) is 5.92. The Bertz CT molecular complexity index is 593. The van der Waals surface area contributed by atoms with Gasteiger partial charge in [0.25, 0.3) is 0 Å². The van der Waals surface area contributed by atoms with E-state index in [1.165, 1.54) is 154 Å². The van der Waals surface area contributed by atoms with Gasteiger partial charge < -0.3 is 15.5 Å². The summed E-state index contributed by atoms with van der Waals surface area (Å²) in [6.07, 6.45) is 40.1. The van der Waals surface area contributed by atoms with Crippen molar-refractivity contribution in [3.8, 4) is 0 Å². The molecule has 0 bridgehead atoms. The first-order valence-corrected chi connectivity index (χ1v) is 19.3. The summed E-state index contributed by atoms with van der Waals surface area (Å²) in [4.78, 5) is 12.3. The van der Waals surface area contributed by atoms with Crippen molar-refractivity contribution in [1.29, 1.82) is 0 Å². The maximum atomic E-state index is 12.3. The SMILES string of the molecule is CCCCCCCCCCCCCCCCCCCCCC(=O)N[C@@H](CO)[C@H](O)/C=C/CCCCCCCCC(C)CC. The molecule has 0 saturated heterocycles. The molecule has 1 unspecified atom stereocenters. The van der Waals surface area contributed by atoms with Gasteiger partial charge in [0.05, 0.1) is 18.8 Å². The van der Waals surface area contributed by atoms with Crippen LogP contribution in [0.5, 0.6) is 0 Å². The third kappa shape index (κ3) is 30.9. The Morgan fingerprint density at radius 1 is 0.628 bits per heavy atom. The third-order valence-electron chi connectivity index (χ3n) is 9.31. The molecule has 0 radical (unpaired) electrons. The predicted octanol–water partition coefficient (Wildman–Crippen LogP) is 11.4. The maximum absolute atomic E-state index is 12.3. The fourth-order valence-corrected chi connectivity index (χ4v) is 5.92. The lowest BCUT2D eigenvalue weighted by Gasteiger charge is -2.20.